The number of barbiturate groups is 1. The van der Waals surface area contributed by atoms with Crippen molar-refractivity contribution in [2.45, 2.75) is 25.3 Å². The van der Waals surface area contributed by atoms with Crippen LogP contribution in [0.1, 0.15) is 22.9 Å². The monoisotopic (exact) mass is 502 g/mol. The first-order chi connectivity index (χ1) is 17.4. The van der Waals surface area contributed by atoms with E-state index in [2.05, 4.69) is 10.2 Å². The quantitative estimate of drug-likeness (QED) is 0.542. The van der Waals surface area contributed by atoms with Crippen molar-refractivity contribution in [2.75, 3.05) is 24.5 Å². The van der Waals surface area contributed by atoms with E-state index in [1.54, 1.807) is 36.4 Å². The molecule has 0 spiro atoms. The first-order valence-corrected chi connectivity index (χ1v) is 13.0. The van der Waals surface area contributed by atoms with Gasteiger partial charge in [0.15, 0.2) is 0 Å². The van der Waals surface area contributed by atoms with Crippen molar-refractivity contribution in [3.05, 3.63) is 87.0 Å². The van der Waals surface area contributed by atoms with Crippen molar-refractivity contribution in [3.8, 4) is 0 Å². The highest BCUT2D eigenvalue weighted by Crippen LogP contribution is 2.39. The van der Waals surface area contributed by atoms with E-state index in [0.717, 1.165) is 21.9 Å². The van der Waals surface area contributed by atoms with Crippen molar-refractivity contribution >= 4 is 34.9 Å². The normalized spacial score (nSPS) is 26.0. The molecule has 6 rings (SSSR count). The number of carbonyl (C=O) groups excluding carboxylic acids is 3. The molecular weight excluding hydrogens is 476 g/mol. The van der Waals surface area contributed by atoms with Crippen molar-refractivity contribution in [3.63, 3.8) is 0 Å². The number of nitrogens with one attached hydrogen (secondary N) is 1. The van der Waals surface area contributed by atoms with Gasteiger partial charge in [-0.1, -0.05) is 30.3 Å². The maximum absolute atomic E-state index is 14.1. The molecule has 0 unspecified atom stereocenters. The van der Waals surface area contributed by atoms with Crippen molar-refractivity contribution in [1.29, 1.82) is 0 Å². The maximum Gasteiger partial charge on any atom is 0.335 e. The van der Waals surface area contributed by atoms with Crippen LogP contribution in [0.15, 0.2) is 70.8 Å². The Hall–Kier alpha value is -3.56. The van der Waals surface area contributed by atoms with Gasteiger partial charge in [-0.3, -0.25) is 19.7 Å². The molecule has 3 aromatic rings. The Morgan fingerprint density at radius 1 is 0.917 bits per heavy atom. The lowest BCUT2D eigenvalue weighted by molar-refractivity contribution is -0.144. The van der Waals surface area contributed by atoms with E-state index in [9.17, 15) is 19.2 Å². The molecule has 0 saturated carbocycles. The van der Waals surface area contributed by atoms with Gasteiger partial charge in [0, 0.05) is 55.2 Å². The second-order valence-corrected chi connectivity index (χ2v) is 11.0. The van der Waals surface area contributed by atoms with E-state index in [1.165, 1.54) is 11.3 Å². The second-order valence-electron chi connectivity index (χ2n) is 9.97. The number of carbonyl (C=O) groups is 3. The molecule has 2 saturated heterocycles. The fourth-order valence-corrected chi connectivity index (χ4v) is 6.87. The Morgan fingerprint density at radius 3 is 2.53 bits per heavy atom. The number of hydrogen-bond donors (Lipinski definition) is 1. The number of benzene rings is 1. The molecule has 9 heteroatoms. The van der Waals surface area contributed by atoms with Gasteiger partial charge >= 0.3 is 6.03 Å². The number of amides is 4. The zero-order valence-corrected chi connectivity index (χ0v) is 20.4. The molecule has 8 nitrogen and oxygen atoms in total. The van der Waals surface area contributed by atoms with Gasteiger partial charge in [-0.25, -0.2) is 9.69 Å². The van der Waals surface area contributed by atoms with Crippen LogP contribution in [0.4, 0.5) is 10.5 Å². The first-order valence-electron chi connectivity index (χ1n) is 12.1. The van der Waals surface area contributed by atoms with Crippen LogP contribution in [0.5, 0.6) is 0 Å². The molecule has 2 fully saturated rings. The summed E-state index contributed by atoms with van der Waals surface area (Å²) in [6.45, 7) is 2.17. The number of piperidine rings is 1. The third kappa shape index (κ3) is 3.79. The molecular formula is C27H26N4O4S. The van der Waals surface area contributed by atoms with Crippen LogP contribution in [-0.2, 0) is 22.6 Å². The number of anilines is 1. The van der Waals surface area contributed by atoms with Crippen molar-refractivity contribution < 1.29 is 14.4 Å². The van der Waals surface area contributed by atoms with E-state index < -0.39 is 23.3 Å². The number of urea groups is 1. The predicted molar refractivity (Wildman–Crippen MR) is 136 cm³/mol. The number of para-hydroxylation sites is 1. The molecule has 4 amide bonds. The second kappa shape index (κ2) is 8.83. The number of likely N-dealkylation sites (tertiary alicyclic amines) is 1. The zero-order chi connectivity index (χ0) is 24.9. The van der Waals surface area contributed by atoms with Crippen LogP contribution in [0, 0.1) is 11.3 Å². The molecule has 0 aliphatic carbocycles. The highest BCUT2D eigenvalue weighted by Gasteiger charge is 2.56. The molecule has 2 bridgehead atoms. The maximum atomic E-state index is 14.1. The van der Waals surface area contributed by atoms with Crippen LogP contribution in [0.3, 0.4) is 0 Å². The highest BCUT2D eigenvalue weighted by molar-refractivity contribution is 7.09. The summed E-state index contributed by atoms with van der Waals surface area (Å²) in [4.78, 5) is 57.2. The standard InChI is InChI=1S/C27H26N4O4S/c32-23-10-4-9-22-19-12-18(15-30(22)23)14-29(16-19)17-27(13-21-8-5-11-36-21)24(33)28-26(35)31(25(27)34)20-6-2-1-3-7-20/h1-11,18-19H,12-17H2,(H,28,33,35)/t18-,19-,27-/m0/s1. The topological polar surface area (TPSA) is 91.7 Å². The third-order valence-corrected chi connectivity index (χ3v) is 8.47. The smallest absolute Gasteiger partial charge is 0.312 e. The molecule has 5 heterocycles. The Bertz CT molecular complexity index is 1390. The van der Waals surface area contributed by atoms with Gasteiger partial charge < -0.3 is 9.47 Å². The van der Waals surface area contributed by atoms with Gasteiger partial charge in [0.05, 0.1) is 5.69 Å². The Balaban J connectivity index is 1.36. The first kappa shape index (κ1) is 22.9. The minimum absolute atomic E-state index is 0.0173. The molecule has 3 atom stereocenters. The number of hydrogen-bond acceptors (Lipinski definition) is 6. The summed E-state index contributed by atoms with van der Waals surface area (Å²) in [5.74, 6) is -0.642. The molecule has 3 aliphatic rings. The number of rotatable bonds is 5. The average molecular weight is 503 g/mol. The highest BCUT2D eigenvalue weighted by atomic mass is 32.1. The van der Waals surface area contributed by atoms with Gasteiger partial charge in [0.2, 0.25) is 5.91 Å². The lowest BCUT2D eigenvalue weighted by Crippen LogP contribution is -2.68. The summed E-state index contributed by atoms with van der Waals surface area (Å²) in [6.07, 6.45) is 1.19. The minimum atomic E-state index is -1.45. The lowest BCUT2D eigenvalue weighted by atomic mass is 9.77. The van der Waals surface area contributed by atoms with Crippen LogP contribution in [0.25, 0.3) is 0 Å². The number of aromatic nitrogens is 1. The molecule has 0 radical (unpaired) electrons. The van der Waals surface area contributed by atoms with Crippen LogP contribution in [0.2, 0.25) is 0 Å². The number of nitrogens with zero attached hydrogens (tertiary/aromatic N) is 3. The van der Waals surface area contributed by atoms with Crippen molar-refractivity contribution in [2.24, 2.45) is 11.3 Å². The van der Waals surface area contributed by atoms with Crippen molar-refractivity contribution in [1.82, 2.24) is 14.8 Å². The molecule has 2 aromatic heterocycles. The van der Waals surface area contributed by atoms with E-state index in [0.29, 0.717) is 25.3 Å². The van der Waals surface area contributed by atoms with E-state index in [1.807, 2.05) is 34.2 Å². The summed E-state index contributed by atoms with van der Waals surface area (Å²) in [5, 5.41) is 4.41. The molecule has 3 aliphatic heterocycles. The Labute approximate surface area is 212 Å². The molecule has 1 aromatic carbocycles. The van der Waals surface area contributed by atoms with E-state index in [-0.39, 0.29) is 30.4 Å². The van der Waals surface area contributed by atoms with Gasteiger partial charge in [-0.15, -0.1) is 11.3 Å². The van der Waals surface area contributed by atoms with Gasteiger partial charge in [-0.2, -0.15) is 0 Å². The Morgan fingerprint density at radius 2 is 1.75 bits per heavy atom. The van der Waals surface area contributed by atoms with Crippen LogP contribution >= 0.6 is 11.3 Å². The lowest BCUT2D eigenvalue weighted by Gasteiger charge is -2.47. The number of fused-ring (bicyclic) bond motifs is 4. The Kier molecular flexibility index (Phi) is 5.61. The van der Waals surface area contributed by atoms with E-state index >= 15 is 0 Å². The summed E-state index contributed by atoms with van der Waals surface area (Å²) in [6, 6.07) is 17.2. The molecule has 36 heavy (non-hydrogen) atoms. The van der Waals surface area contributed by atoms with Gasteiger partial charge in [-0.05, 0) is 42.0 Å². The number of imide groups is 2. The average Bonchev–Trinajstić information content (AvgIpc) is 3.37. The fraction of sp³-hybridized carbons (Fsp3) is 0.333. The summed E-state index contributed by atoms with van der Waals surface area (Å²) < 4.78 is 1.87. The number of thiophene rings is 1. The summed E-state index contributed by atoms with van der Waals surface area (Å²) >= 11 is 1.50. The minimum Gasteiger partial charge on any atom is -0.312 e. The third-order valence-electron chi connectivity index (χ3n) is 7.59. The number of pyridine rings is 1. The van der Waals surface area contributed by atoms with Crippen LogP contribution in [-0.4, -0.2) is 46.9 Å². The predicted octanol–water partition coefficient (Wildman–Crippen LogP) is 2.84. The van der Waals surface area contributed by atoms with E-state index in [4.69, 9.17) is 0 Å². The summed E-state index contributed by atoms with van der Waals surface area (Å²) in [7, 11) is 0. The van der Waals surface area contributed by atoms with Gasteiger partial charge in [0.25, 0.3) is 11.5 Å². The molecule has 184 valence electrons. The SMILES string of the molecule is O=C1NC(=O)[C@](Cc2cccs2)(CN2C[C@@H]3C[C@@H](C2)c2cccc(=O)n2C3)C(=O)N1c1ccccc1. The van der Waals surface area contributed by atoms with Crippen LogP contribution < -0.4 is 15.8 Å². The largest absolute Gasteiger partial charge is 0.335 e. The zero-order valence-electron chi connectivity index (χ0n) is 19.6. The summed E-state index contributed by atoms with van der Waals surface area (Å²) in [5.41, 5.74) is 0.0168. The van der Waals surface area contributed by atoms with Gasteiger partial charge in [0.1, 0.15) is 5.41 Å². The molecule has 1 N–H and O–H groups in total. The fourth-order valence-electron chi connectivity index (χ4n) is 6.06.